The SMILES string of the molecule is CC/C=C/C=C\C1=C(C)C(Cl)c2ccccc2CC1. The van der Waals surface area contributed by atoms with Crippen LogP contribution in [0.2, 0.25) is 0 Å². The minimum Gasteiger partial charge on any atom is -0.113 e. The fourth-order valence-corrected chi connectivity index (χ4v) is 2.83. The van der Waals surface area contributed by atoms with Crippen molar-refractivity contribution in [3.05, 3.63) is 70.8 Å². The molecule has 1 heteroatoms. The standard InChI is InChI=1S/C18H21Cl/c1-3-4-5-6-9-15-12-13-16-10-7-8-11-17(16)18(19)14(15)2/h4-11,18H,3,12-13H2,1-2H3/b5-4+,9-6-. The number of halogens is 1. The molecule has 1 atom stereocenters. The highest BCUT2D eigenvalue weighted by Gasteiger charge is 2.19. The Labute approximate surface area is 121 Å². The molecule has 0 radical (unpaired) electrons. The van der Waals surface area contributed by atoms with Crippen molar-refractivity contribution in [3.63, 3.8) is 0 Å². The normalized spacial score (nSPS) is 20.1. The molecule has 100 valence electrons. The van der Waals surface area contributed by atoms with Gasteiger partial charge in [-0.15, -0.1) is 11.6 Å². The van der Waals surface area contributed by atoms with Gasteiger partial charge in [-0.3, -0.25) is 0 Å². The van der Waals surface area contributed by atoms with Gasteiger partial charge in [-0.05, 0) is 48.5 Å². The lowest BCUT2D eigenvalue weighted by molar-refractivity contribution is 0.965. The van der Waals surface area contributed by atoms with Crippen molar-refractivity contribution < 1.29 is 0 Å². The maximum absolute atomic E-state index is 6.63. The maximum atomic E-state index is 6.63. The summed E-state index contributed by atoms with van der Waals surface area (Å²) < 4.78 is 0. The van der Waals surface area contributed by atoms with Crippen molar-refractivity contribution in [1.82, 2.24) is 0 Å². The van der Waals surface area contributed by atoms with E-state index in [2.05, 4.69) is 62.4 Å². The highest BCUT2D eigenvalue weighted by molar-refractivity contribution is 6.22. The molecule has 0 aliphatic heterocycles. The van der Waals surface area contributed by atoms with Crippen LogP contribution in [-0.4, -0.2) is 0 Å². The molecule has 0 saturated heterocycles. The predicted octanol–water partition coefficient (Wildman–Crippen LogP) is 5.75. The van der Waals surface area contributed by atoms with Crippen LogP contribution in [-0.2, 0) is 6.42 Å². The third-order valence-corrected chi connectivity index (χ3v) is 4.22. The van der Waals surface area contributed by atoms with E-state index in [1.54, 1.807) is 0 Å². The molecule has 2 rings (SSSR count). The number of aryl methyl sites for hydroxylation is 1. The average molecular weight is 273 g/mol. The quantitative estimate of drug-likeness (QED) is 0.485. The van der Waals surface area contributed by atoms with Crippen LogP contribution in [0.4, 0.5) is 0 Å². The Kier molecular flexibility index (Phi) is 5.04. The lowest BCUT2D eigenvalue weighted by Crippen LogP contribution is -1.95. The van der Waals surface area contributed by atoms with Gasteiger partial charge >= 0.3 is 0 Å². The second-order valence-corrected chi connectivity index (χ2v) is 5.40. The number of benzene rings is 1. The molecule has 19 heavy (non-hydrogen) atoms. The lowest BCUT2D eigenvalue weighted by Gasteiger charge is -2.12. The first-order chi connectivity index (χ1) is 9.24. The molecule has 0 N–H and O–H groups in total. The molecule has 1 aliphatic carbocycles. The topological polar surface area (TPSA) is 0 Å². The van der Waals surface area contributed by atoms with Crippen LogP contribution in [0.3, 0.4) is 0 Å². The first kappa shape index (κ1) is 14.1. The van der Waals surface area contributed by atoms with Crippen LogP contribution in [0.15, 0.2) is 59.7 Å². The van der Waals surface area contributed by atoms with Gasteiger partial charge in [0, 0.05) is 0 Å². The summed E-state index contributed by atoms with van der Waals surface area (Å²) in [7, 11) is 0. The van der Waals surface area contributed by atoms with Gasteiger partial charge in [0.15, 0.2) is 0 Å². The summed E-state index contributed by atoms with van der Waals surface area (Å²) in [4.78, 5) is 0. The van der Waals surface area contributed by atoms with E-state index < -0.39 is 0 Å². The van der Waals surface area contributed by atoms with Gasteiger partial charge < -0.3 is 0 Å². The number of allylic oxidation sites excluding steroid dienone is 6. The van der Waals surface area contributed by atoms with Crippen LogP contribution in [0.1, 0.15) is 43.2 Å². The summed E-state index contributed by atoms with van der Waals surface area (Å²) in [5.41, 5.74) is 5.31. The van der Waals surface area contributed by atoms with Gasteiger partial charge in [0.25, 0.3) is 0 Å². The zero-order valence-electron chi connectivity index (χ0n) is 11.7. The molecule has 0 saturated carbocycles. The Morgan fingerprint density at radius 3 is 2.79 bits per heavy atom. The fourth-order valence-electron chi connectivity index (χ4n) is 2.47. The maximum Gasteiger partial charge on any atom is 0.0801 e. The zero-order chi connectivity index (χ0) is 13.7. The Balaban J connectivity index is 2.26. The number of hydrogen-bond donors (Lipinski definition) is 0. The van der Waals surface area contributed by atoms with E-state index in [4.69, 9.17) is 11.6 Å². The van der Waals surface area contributed by atoms with Gasteiger partial charge in [0.1, 0.15) is 0 Å². The highest BCUT2D eigenvalue weighted by Crippen LogP contribution is 2.37. The molecule has 1 aromatic carbocycles. The largest absolute Gasteiger partial charge is 0.113 e. The van der Waals surface area contributed by atoms with Crippen LogP contribution in [0.25, 0.3) is 0 Å². The average Bonchev–Trinajstić information content (AvgIpc) is 2.56. The minimum absolute atomic E-state index is 0.00787. The number of rotatable bonds is 3. The molecule has 0 fully saturated rings. The van der Waals surface area contributed by atoms with Crippen LogP contribution in [0, 0.1) is 0 Å². The Hall–Kier alpha value is -1.27. The molecule has 0 bridgehead atoms. The summed E-state index contributed by atoms with van der Waals surface area (Å²) in [5.74, 6) is 0. The Morgan fingerprint density at radius 1 is 1.21 bits per heavy atom. The molecule has 0 spiro atoms. The first-order valence-corrected chi connectivity index (χ1v) is 7.42. The van der Waals surface area contributed by atoms with E-state index in [0.29, 0.717) is 0 Å². The van der Waals surface area contributed by atoms with E-state index in [1.165, 1.54) is 22.3 Å². The fraction of sp³-hybridized carbons (Fsp3) is 0.333. The van der Waals surface area contributed by atoms with Crippen molar-refractivity contribution >= 4 is 11.6 Å². The Morgan fingerprint density at radius 2 is 2.00 bits per heavy atom. The third kappa shape index (κ3) is 3.39. The predicted molar refractivity (Wildman–Crippen MR) is 84.6 cm³/mol. The van der Waals surface area contributed by atoms with Gasteiger partial charge in [-0.25, -0.2) is 0 Å². The van der Waals surface area contributed by atoms with Crippen LogP contribution < -0.4 is 0 Å². The molecule has 1 aliphatic rings. The minimum atomic E-state index is 0.00787. The molecule has 0 heterocycles. The zero-order valence-corrected chi connectivity index (χ0v) is 12.5. The van der Waals surface area contributed by atoms with Crippen molar-refractivity contribution in [2.45, 2.75) is 38.5 Å². The highest BCUT2D eigenvalue weighted by atomic mass is 35.5. The summed E-state index contributed by atoms with van der Waals surface area (Å²) in [5, 5.41) is 0.00787. The van der Waals surface area contributed by atoms with Crippen LogP contribution in [0.5, 0.6) is 0 Å². The summed E-state index contributed by atoms with van der Waals surface area (Å²) in [6, 6.07) is 8.52. The lowest BCUT2D eigenvalue weighted by atomic mass is 10.0. The van der Waals surface area contributed by atoms with Crippen molar-refractivity contribution in [1.29, 1.82) is 0 Å². The molecule has 1 unspecified atom stereocenters. The molecular weight excluding hydrogens is 252 g/mol. The molecule has 0 aromatic heterocycles. The second kappa shape index (κ2) is 6.77. The second-order valence-electron chi connectivity index (χ2n) is 4.97. The van der Waals surface area contributed by atoms with Gasteiger partial charge in [0.2, 0.25) is 0 Å². The molecule has 1 aromatic rings. The number of alkyl halides is 1. The van der Waals surface area contributed by atoms with Gasteiger partial charge in [-0.1, -0.05) is 55.5 Å². The molecular formula is C18H21Cl. The van der Waals surface area contributed by atoms with Gasteiger partial charge in [0.05, 0.1) is 5.38 Å². The van der Waals surface area contributed by atoms with Crippen molar-refractivity contribution in [3.8, 4) is 0 Å². The summed E-state index contributed by atoms with van der Waals surface area (Å²) >= 11 is 6.63. The van der Waals surface area contributed by atoms with E-state index >= 15 is 0 Å². The van der Waals surface area contributed by atoms with Crippen molar-refractivity contribution in [2.75, 3.05) is 0 Å². The monoisotopic (exact) mass is 272 g/mol. The van der Waals surface area contributed by atoms with Crippen molar-refractivity contribution in [2.24, 2.45) is 0 Å². The van der Waals surface area contributed by atoms with E-state index in [1.807, 2.05) is 0 Å². The Bertz CT molecular complexity index is 520. The van der Waals surface area contributed by atoms with E-state index in [9.17, 15) is 0 Å². The molecule has 0 amide bonds. The van der Waals surface area contributed by atoms with E-state index in [-0.39, 0.29) is 5.38 Å². The third-order valence-electron chi connectivity index (χ3n) is 3.66. The first-order valence-electron chi connectivity index (χ1n) is 6.98. The van der Waals surface area contributed by atoms with E-state index in [0.717, 1.165) is 19.3 Å². The summed E-state index contributed by atoms with van der Waals surface area (Å²) in [6.07, 6.45) is 11.8. The number of fused-ring (bicyclic) bond motifs is 1. The van der Waals surface area contributed by atoms with Gasteiger partial charge in [-0.2, -0.15) is 0 Å². The summed E-state index contributed by atoms with van der Waals surface area (Å²) in [6.45, 7) is 4.30. The smallest absolute Gasteiger partial charge is 0.0801 e. The van der Waals surface area contributed by atoms with Crippen LogP contribution >= 0.6 is 11.6 Å². The molecule has 0 nitrogen and oxygen atoms in total. The number of hydrogen-bond acceptors (Lipinski definition) is 0.